The van der Waals surface area contributed by atoms with E-state index in [0.29, 0.717) is 66.4 Å². The van der Waals surface area contributed by atoms with E-state index in [9.17, 15) is 4.79 Å². The van der Waals surface area contributed by atoms with Gasteiger partial charge >= 0.3 is 0 Å². The van der Waals surface area contributed by atoms with Crippen molar-refractivity contribution in [2.45, 2.75) is 40.5 Å². The summed E-state index contributed by atoms with van der Waals surface area (Å²) in [5.41, 5.74) is 0.919. The first kappa shape index (κ1) is 24.2. The third-order valence-electron chi connectivity index (χ3n) is 4.36. The Morgan fingerprint density at radius 3 is 2.03 bits per heavy atom. The van der Waals surface area contributed by atoms with Gasteiger partial charge in [-0.3, -0.25) is 4.79 Å². The molecule has 1 amide bonds. The van der Waals surface area contributed by atoms with E-state index in [1.54, 1.807) is 37.4 Å². The molecule has 0 spiro atoms. The lowest BCUT2D eigenvalue weighted by molar-refractivity contribution is 0.102. The lowest BCUT2D eigenvalue weighted by Crippen LogP contribution is -2.14. The zero-order valence-corrected chi connectivity index (χ0v) is 19.1. The van der Waals surface area contributed by atoms with Crippen LogP contribution in [-0.2, 0) is 0 Å². The van der Waals surface area contributed by atoms with E-state index in [4.69, 9.17) is 23.7 Å². The predicted octanol–water partition coefficient (Wildman–Crippen LogP) is 5.32. The van der Waals surface area contributed by atoms with Crippen LogP contribution >= 0.6 is 0 Å². The summed E-state index contributed by atoms with van der Waals surface area (Å²) in [4.78, 5) is 13.1. The van der Waals surface area contributed by atoms with E-state index < -0.39 is 0 Å². The zero-order chi connectivity index (χ0) is 22.6. The van der Waals surface area contributed by atoms with E-state index in [1.807, 2.05) is 20.8 Å². The number of anilines is 1. The first-order valence-electron chi connectivity index (χ1n) is 10.8. The number of carbonyl (C=O) groups is 1. The molecule has 0 aliphatic carbocycles. The highest BCUT2D eigenvalue weighted by Gasteiger charge is 2.19. The molecule has 1 N–H and O–H groups in total. The van der Waals surface area contributed by atoms with Crippen molar-refractivity contribution in [1.29, 1.82) is 0 Å². The lowest BCUT2D eigenvalue weighted by Gasteiger charge is -2.18. The minimum atomic E-state index is -0.321. The Morgan fingerprint density at radius 2 is 1.48 bits per heavy atom. The van der Waals surface area contributed by atoms with Gasteiger partial charge in [0.2, 0.25) is 5.75 Å². The molecule has 31 heavy (non-hydrogen) atoms. The van der Waals surface area contributed by atoms with E-state index in [-0.39, 0.29) is 5.91 Å². The van der Waals surface area contributed by atoms with Crippen LogP contribution < -0.4 is 29.0 Å². The van der Waals surface area contributed by atoms with Gasteiger partial charge in [-0.25, -0.2) is 0 Å². The molecule has 0 saturated heterocycles. The standard InChI is InChI=1S/C24H33NO6/c1-6-10-13-31-20-12-11-18(27-5)16-19(20)25-24(26)17-14-21(28-7-2)23(30-9-4)22(15-17)29-8-3/h11-12,14-16H,6-10,13H2,1-5H3,(H,25,26). The molecule has 7 heteroatoms. The number of ether oxygens (including phenoxy) is 5. The maximum Gasteiger partial charge on any atom is 0.256 e. The monoisotopic (exact) mass is 431 g/mol. The first-order valence-corrected chi connectivity index (χ1v) is 10.8. The molecular weight excluding hydrogens is 398 g/mol. The summed E-state index contributed by atoms with van der Waals surface area (Å²) in [7, 11) is 1.58. The fourth-order valence-corrected chi connectivity index (χ4v) is 2.90. The number of hydrogen-bond donors (Lipinski definition) is 1. The number of methoxy groups -OCH3 is 1. The highest BCUT2D eigenvalue weighted by molar-refractivity contribution is 6.06. The molecule has 2 aromatic rings. The molecule has 0 fully saturated rings. The summed E-state index contributed by atoms with van der Waals surface area (Å²) in [5, 5.41) is 2.92. The van der Waals surface area contributed by atoms with Gasteiger partial charge in [-0.1, -0.05) is 13.3 Å². The topological polar surface area (TPSA) is 75.3 Å². The first-order chi connectivity index (χ1) is 15.1. The molecule has 0 radical (unpaired) electrons. The van der Waals surface area contributed by atoms with Crippen molar-refractivity contribution in [3.05, 3.63) is 35.9 Å². The summed E-state index contributed by atoms with van der Waals surface area (Å²) in [6.07, 6.45) is 1.94. The van der Waals surface area contributed by atoms with Crippen LogP contribution in [0.4, 0.5) is 5.69 Å². The second-order valence-electron chi connectivity index (χ2n) is 6.62. The van der Waals surface area contributed by atoms with Crippen molar-refractivity contribution in [1.82, 2.24) is 0 Å². The number of unbranched alkanes of at least 4 members (excludes halogenated alkanes) is 1. The zero-order valence-electron chi connectivity index (χ0n) is 19.1. The highest BCUT2D eigenvalue weighted by atomic mass is 16.5. The maximum absolute atomic E-state index is 13.1. The van der Waals surface area contributed by atoms with Crippen LogP contribution in [0.25, 0.3) is 0 Å². The summed E-state index contributed by atoms with van der Waals surface area (Å²) >= 11 is 0. The van der Waals surface area contributed by atoms with Crippen LogP contribution in [0.2, 0.25) is 0 Å². The smallest absolute Gasteiger partial charge is 0.256 e. The van der Waals surface area contributed by atoms with Crippen LogP contribution in [0.1, 0.15) is 50.9 Å². The van der Waals surface area contributed by atoms with E-state index in [2.05, 4.69) is 12.2 Å². The summed E-state index contributed by atoms with van der Waals surface area (Å²) in [6.45, 7) is 9.61. The Kier molecular flexibility index (Phi) is 9.81. The van der Waals surface area contributed by atoms with Gasteiger partial charge in [0.05, 0.1) is 39.2 Å². The van der Waals surface area contributed by atoms with Gasteiger partial charge < -0.3 is 29.0 Å². The molecule has 170 valence electrons. The van der Waals surface area contributed by atoms with Crippen molar-refractivity contribution >= 4 is 11.6 Å². The molecular formula is C24H33NO6. The van der Waals surface area contributed by atoms with E-state index in [1.165, 1.54) is 0 Å². The number of carbonyl (C=O) groups excluding carboxylic acids is 1. The SMILES string of the molecule is CCCCOc1ccc(OC)cc1NC(=O)c1cc(OCC)c(OCC)c(OCC)c1. The van der Waals surface area contributed by atoms with Crippen molar-refractivity contribution in [2.75, 3.05) is 38.9 Å². The van der Waals surface area contributed by atoms with Gasteiger partial charge in [0.15, 0.2) is 11.5 Å². The van der Waals surface area contributed by atoms with E-state index >= 15 is 0 Å². The Balaban J connectivity index is 2.37. The number of nitrogens with one attached hydrogen (secondary N) is 1. The number of benzene rings is 2. The summed E-state index contributed by atoms with van der Waals surface area (Å²) in [5.74, 6) is 2.31. The summed E-state index contributed by atoms with van der Waals surface area (Å²) < 4.78 is 28.3. The molecule has 0 saturated carbocycles. The minimum absolute atomic E-state index is 0.321. The quantitative estimate of drug-likeness (QED) is 0.433. The molecule has 0 bridgehead atoms. The Labute approximate surface area is 184 Å². The fraction of sp³-hybridized carbons (Fsp3) is 0.458. The van der Waals surface area contributed by atoms with Crippen LogP contribution in [0.5, 0.6) is 28.7 Å². The third kappa shape index (κ3) is 6.70. The Morgan fingerprint density at radius 1 is 0.839 bits per heavy atom. The Bertz CT molecular complexity index is 825. The lowest BCUT2D eigenvalue weighted by atomic mass is 10.1. The van der Waals surface area contributed by atoms with Crippen molar-refractivity contribution < 1.29 is 28.5 Å². The molecule has 0 unspecified atom stereocenters. The summed E-state index contributed by atoms with van der Waals surface area (Å²) in [6, 6.07) is 8.64. The van der Waals surface area contributed by atoms with Gasteiger partial charge in [-0.05, 0) is 51.5 Å². The molecule has 0 aliphatic heterocycles. The Hall–Kier alpha value is -3.09. The van der Waals surface area contributed by atoms with E-state index in [0.717, 1.165) is 12.8 Å². The highest BCUT2D eigenvalue weighted by Crippen LogP contribution is 2.39. The van der Waals surface area contributed by atoms with Crippen molar-refractivity contribution in [3.8, 4) is 28.7 Å². The maximum atomic E-state index is 13.1. The van der Waals surface area contributed by atoms with Crippen LogP contribution in [0.15, 0.2) is 30.3 Å². The van der Waals surface area contributed by atoms with Gasteiger partial charge in [-0.2, -0.15) is 0 Å². The molecule has 0 aromatic heterocycles. The van der Waals surface area contributed by atoms with Gasteiger partial charge in [-0.15, -0.1) is 0 Å². The largest absolute Gasteiger partial charge is 0.497 e. The van der Waals surface area contributed by atoms with Crippen molar-refractivity contribution in [2.24, 2.45) is 0 Å². The van der Waals surface area contributed by atoms with Gasteiger partial charge in [0.1, 0.15) is 11.5 Å². The fourth-order valence-electron chi connectivity index (χ4n) is 2.90. The average Bonchev–Trinajstić information content (AvgIpc) is 2.77. The molecule has 2 aromatic carbocycles. The van der Waals surface area contributed by atoms with Crippen LogP contribution in [-0.4, -0.2) is 39.4 Å². The van der Waals surface area contributed by atoms with Crippen molar-refractivity contribution in [3.63, 3.8) is 0 Å². The molecule has 0 heterocycles. The molecule has 7 nitrogen and oxygen atoms in total. The second-order valence-corrected chi connectivity index (χ2v) is 6.62. The molecule has 0 atom stereocenters. The van der Waals surface area contributed by atoms with Gasteiger partial charge in [0, 0.05) is 11.6 Å². The number of hydrogen-bond acceptors (Lipinski definition) is 6. The average molecular weight is 432 g/mol. The van der Waals surface area contributed by atoms with Crippen LogP contribution in [0.3, 0.4) is 0 Å². The second kappa shape index (κ2) is 12.6. The molecule has 0 aliphatic rings. The third-order valence-corrected chi connectivity index (χ3v) is 4.36. The predicted molar refractivity (Wildman–Crippen MR) is 121 cm³/mol. The normalized spacial score (nSPS) is 10.4. The molecule has 2 rings (SSSR count). The minimum Gasteiger partial charge on any atom is -0.497 e. The van der Waals surface area contributed by atoms with Gasteiger partial charge in [0.25, 0.3) is 5.91 Å². The number of amides is 1. The number of rotatable bonds is 13. The van der Waals surface area contributed by atoms with Crippen LogP contribution in [0, 0.1) is 0 Å².